The van der Waals surface area contributed by atoms with Gasteiger partial charge < -0.3 is 24.6 Å². The number of nitrogens with one attached hydrogen (secondary N) is 2. The quantitative estimate of drug-likeness (QED) is 0.311. The van der Waals surface area contributed by atoms with Crippen molar-refractivity contribution < 1.29 is 14.0 Å². The highest BCUT2D eigenvalue weighted by Gasteiger charge is 2.09. The summed E-state index contributed by atoms with van der Waals surface area (Å²) in [6.07, 6.45) is 3.58. The summed E-state index contributed by atoms with van der Waals surface area (Å²) in [5.41, 5.74) is 1.23. The van der Waals surface area contributed by atoms with Crippen LogP contribution in [0.2, 0.25) is 0 Å². The van der Waals surface area contributed by atoms with Crippen LogP contribution in [0.5, 0.6) is 11.5 Å². The van der Waals surface area contributed by atoms with Crippen LogP contribution in [0.4, 0.5) is 0 Å². The van der Waals surface area contributed by atoms with Gasteiger partial charge in [-0.25, -0.2) is 0 Å². The molecule has 2 N–H and O–H groups in total. The molecule has 166 valence electrons. The lowest BCUT2D eigenvalue weighted by molar-refractivity contribution is 0.310. The van der Waals surface area contributed by atoms with Crippen molar-refractivity contribution in [2.75, 3.05) is 33.9 Å². The lowest BCUT2D eigenvalue weighted by Gasteiger charge is -2.13. The number of benzene rings is 1. The molecule has 1 aromatic heterocycles. The summed E-state index contributed by atoms with van der Waals surface area (Å²) in [4.78, 5) is 8.67. The van der Waals surface area contributed by atoms with Crippen LogP contribution >= 0.6 is 0 Å². The third-order valence-electron chi connectivity index (χ3n) is 4.55. The van der Waals surface area contributed by atoms with Crippen LogP contribution in [0.3, 0.4) is 0 Å². The molecule has 0 spiro atoms. The van der Waals surface area contributed by atoms with Gasteiger partial charge >= 0.3 is 0 Å². The molecule has 0 aliphatic rings. The first-order valence-corrected chi connectivity index (χ1v) is 10.6. The van der Waals surface area contributed by atoms with Crippen LogP contribution in [0, 0.1) is 0 Å². The van der Waals surface area contributed by atoms with Crippen molar-refractivity contribution in [1.29, 1.82) is 0 Å². The molecule has 0 fully saturated rings. The van der Waals surface area contributed by atoms with Gasteiger partial charge in [0.2, 0.25) is 5.89 Å². The molecule has 8 nitrogen and oxygen atoms in total. The summed E-state index contributed by atoms with van der Waals surface area (Å²) in [5, 5.41) is 10.7. The molecule has 0 aliphatic heterocycles. The van der Waals surface area contributed by atoms with Crippen molar-refractivity contribution >= 4 is 5.96 Å². The maximum absolute atomic E-state index is 5.65. The van der Waals surface area contributed by atoms with Gasteiger partial charge in [0.15, 0.2) is 23.3 Å². The van der Waals surface area contributed by atoms with Gasteiger partial charge in [0.05, 0.1) is 13.7 Å². The molecule has 2 rings (SSSR count). The van der Waals surface area contributed by atoms with Crippen LogP contribution in [-0.2, 0) is 12.8 Å². The number of hydrogen-bond donors (Lipinski definition) is 2. The molecule has 0 saturated carbocycles. The molecule has 8 heteroatoms. The molecule has 1 heterocycles. The number of guanidine groups is 1. The Balaban J connectivity index is 1.66. The molecular formula is C22H35N5O3. The van der Waals surface area contributed by atoms with Crippen LogP contribution in [0.1, 0.15) is 56.8 Å². The average molecular weight is 418 g/mol. The minimum Gasteiger partial charge on any atom is -0.493 e. The van der Waals surface area contributed by atoms with Gasteiger partial charge in [-0.3, -0.25) is 4.99 Å². The third kappa shape index (κ3) is 7.57. The highest BCUT2D eigenvalue weighted by Crippen LogP contribution is 2.28. The Labute approximate surface area is 179 Å². The zero-order valence-electron chi connectivity index (χ0n) is 18.8. The van der Waals surface area contributed by atoms with Gasteiger partial charge in [-0.05, 0) is 43.9 Å². The molecule has 0 bridgehead atoms. The molecule has 1 aromatic carbocycles. The van der Waals surface area contributed by atoms with Crippen molar-refractivity contribution in [2.24, 2.45) is 4.99 Å². The van der Waals surface area contributed by atoms with Gasteiger partial charge in [0, 0.05) is 32.5 Å². The smallest absolute Gasteiger partial charge is 0.226 e. The van der Waals surface area contributed by atoms with Gasteiger partial charge in [0.1, 0.15) is 0 Å². The normalized spacial score (nSPS) is 11.6. The fourth-order valence-electron chi connectivity index (χ4n) is 2.92. The summed E-state index contributed by atoms with van der Waals surface area (Å²) < 4.78 is 16.2. The molecule has 0 amide bonds. The lowest BCUT2D eigenvalue weighted by Crippen LogP contribution is -2.38. The first-order valence-electron chi connectivity index (χ1n) is 10.6. The highest BCUT2D eigenvalue weighted by atomic mass is 16.5. The van der Waals surface area contributed by atoms with Crippen molar-refractivity contribution in [3.63, 3.8) is 0 Å². The summed E-state index contributed by atoms with van der Waals surface area (Å²) in [7, 11) is 3.44. The van der Waals surface area contributed by atoms with E-state index in [0.29, 0.717) is 12.5 Å². The van der Waals surface area contributed by atoms with Crippen molar-refractivity contribution in [2.45, 2.75) is 52.4 Å². The first kappa shape index (κ1) is 23.5. The van der Waals surface area contributed by atoms with E-state index in [0.717, 1.165) is 62.1 Å². The number of nitrogens with zero attached hydrogens (tertiary/aromatic N) is 3. The second-order valence-corrected chi connectivity index (χ2v) is 7.25. The van der Waals surface area contributed by atoms with E-state index in [1.165, 1.54) is 5.56 Å². The van der Waals surface area contributed by atoms with Crippen LogP contribution in [0.25, 0.3) is 0 Å². The Morgan fingerprint density at radius 2 is 1.87 bits per heavy atom. The summed E-state index contributed by atoms with van der Waals surface area (Å²) in [6.45, 7) is 8.32. The number of methoxy groups -OCH3 is 1. The van der Waals surface area contributed by atoms with E-state index >= 15 is 0 Å². The Kier molecular flexibility index (Phi) is 9.97. The largest absolute Gasteiger partial charge is 0.493 e. The highest BCUT2D eigenvalue weighted by molar-refractivity contribution is 5.79. The van der Waals surface area contributed by atoms with Crippen molar-refractivity contribution in [1.82, 2.24) is 20.8 Å². The lowest BCUT2D eigenvalue weighted by atomic mass is 10.1. The van der Waals surface area contributed by atoms with Gasteiger partial charge in [-0.15, -0.1) is 0 Å². The van der Waals surface area contributed by atoms with E-state index in [-0.39, 0.29) is 5.92 Å². The average Bonchev–Trinajstić information content (AvgIpc) is 3.22. The maximum Gasteiger partial charge on any atom is 0.226 e. The Morgan fingerprint density at radius 3 is 2.47 bits per heavy atom. The molecule has 0 aliphatic carbocycles. The van der Waals surface area contributed by atoms with Crippen LogP contribution in [-0.4, -0.2) is 50.0 Å². The first-order chi connectivity index (χ1) is 14.6. The minimum atomic E-state index is 0.285. The predicted octanol–water partition coefficient (Wildman–Crippen LogP) is 3.33. The Hall–Kier alpha value is -2.77. The zero-order valence-corrected chi connectivity index (χ0v) is 18.8. The van der Waals surface area contributed by atoms with Gasteiger partial charge in [0.25, 0.3) is 0 Å². The number of hydrogen-bond acceptors (Lipinski definition) is 6. The minimum absolute atomic E-state index is 0.285. The zero-order chi connectivity index (χ0) is 21.8. The molecule has 0 atom stereocenters. The van der Waals surface area contributed by atoms with Crippen LogP contribution in [0.15, 0.2) is 27.7 Å². The maximum atomic E-state index is 5.65. The number of aromatic nitrogens is 2. The summed E-state index contributed by atoms with van der Waals surface area (Å²) >= 11 is 0. The summed E-state index contributed by atoms with van der Waals surface area (Å²) in [6, 6.07) is 6.09. The molecule has 30 heavy (non-hydrogen) atoms. The van der Waals surface area contributed by atoms with Crippen LogP contribution < -0.4 is 20.1 Å². The second-order valence-electron chi connectivity index (χ2n) is 7.25. The van der Waals surface area contributed by atoms with E-state index in [9.17, 15) is 0 Å². The standard InChI is InChI=1S/C22H35N5O3/c1-6-29-19-15-17(11-12-18(19)28-5)9-7-13-24-22(23-4)25-14-8-10-20-26-21(16(2)3)27-30-20/h11-12,15-16H,6-10,13-14H2,1-5H3,(H2,23,24,25). The predicted molar refractivity (Wildman–Crippen MR) is 119 cm³/mol. The number of aryl methyl sites for hydroxylation is 2. The number of rotatable bonds is 12. The van der Waals surface area contributed by atoms with E-state index in [1.54, 1.807) is 14.2 Å². The SMILES string of the molecule is CCOc1cc(CCCNC(=NC)NCCCc2nc(C(C)C)no2)ccc1OC. The fourth-order valence-corrected chi connectivity index (χ4v) is 2.92. The fraction of sp³-hybridized carbons (Fsp3) is 0.591. The molecule has 0 radical (unpaired) electrons. The molecule has 0 saturated heterocycles. The third-order valence-corrected chi connectivity index (χ3v) is 4.55. The van der Waals surface area contributed by atoms with Gasteiger partial charge in [-0.2, -0.15) is 4.98 Å². The number of ether oxygens (including phenoxy) is 2. The Bertz CT molecular complexity index is 789. The van der Waals surface area contributed by atoms with E-state index in [4.69, 9.17) is 14.0 Å². The van der Waals surface area contributed by atoms with Crippen molar-refractivity contribution in [3.05, 3.63) is 35.5 Å². The molecule has 0 unspecified atom stereocenters. The summed E-state index contributed by atoms with van der Waals surface area (Å²) in [5.74, 6) is 4.10. The topological polar surface area (TPSA) is 93.8 Å². The van der Waals surface area contributed by atoms with E-state index in [2.05, 4.69) is 51.7 Å². The molecule has 2 aromatic rings. The van der Waals surface area contributed by atoms with Gasteiger partial charge in [-0.1, -0.05) is 25.1 Å². The number of aliphatic imine (C=N–C) groups is 1. The Morgan fingerprint density at radius 1 is 1.13 bits per heavy atom. The van der Waals surface area contributed by atoms with E-state index < -0.39 is 0 Å². The second kappa shape index (κ2) is 12.7. The van der Waals surface area contributed by atoms with E-state index in [1.807, 2.05) is 13.0 Å². The molecular weight excluding hydrogens is 382 g/mol. The van der Waals surface area contributed by atoms with Crippen molar-refractivity contribution in [3.8, 4) is 11.5 Å². The monoisotopic (exact) mass is 417 g/mol.